The van der Waals surface area contributed by atoms with Gasteiger partial charge in [0.2, 0.25) is 0 Å². The molecule has 0 aromatic heterocycles. The van der Waals surface area contributed by atoms with E-state index in [4.69, 9.17) is 9.59 Å². The minimum Gasteiger partial charge on any atom is -0.303 e. The number of carbonyl (C=O) groups is 3. The van der Waals surface area contributed by atoms with Gasteiger partial charge in [0.1, 0.15) is 6.29 Å². The summed E-state index contributed by atoms with van der Waals surface area (Å²) in [6.45, 7) is 1.81. The SMILES string of the molecule is CCC=O.O=CC=O. The van der Waals surface area contributed by atoms with E-state index in [0.29, 0.717) is 6.42 Å². The highest BCUT2D eigenvalue weighted by atomic mass is 16.2. The summed E-state index contributed by atoms with van der Waals surface area (Å²) in [4.78, 5) is 26.8. The topological polar surface area (TPSA) is 51.2 Å². The summed E-state index contributed by atoms with van der Waals surface area (Å²) in [5, 5.41) is 0. The molecule has 0 aliphatic rings. The van der Waals surface area contributed by atoms with Crippen LogP contribution in [0.2, 0.25) is 0 Å². The number of aldehydes is 3. The van der Waals surface area contributed by atoms with Crippen LogP contribution in [-0.4, -0.2) is 18.9 Å². The zero-order valence-corrected chi connectivity index (χ0v) is 4.66. The van der Waals surface area contributed by atoms with Gasteiger partial charge in [-0.3, -0.25) is 9.59 Å². The Morgan fingerprint density at radius 3 is 1.38 bits per heavy atom. The van der Waals surface area contributed by atoms with Crippen molar-refractivity contribution >= 4 is 18.9 Å². The molecule has 0 aliphatic heterocycles. The van der Waals surface area contributed by atoms with E-state index in [0.717, 1.165) is 6.29 Å². The van der Waals surface area contributed by atoms with E-state index in [1.807, 2.05) is 6.92 Å². The Labute approximate surface area is 47.7 Å². The molecule has 0 radical (unpaired) electrons. The van der Waals surface area contributed by atoms with Crippen molar-refractivity contribution in [2.45, 2.75) is 13.3 Å². The minimum absolute atomic E-state index is 0.194. The van der Waals surface area contributed by atoms with Gasteiger partial charge in [0.25, 0.3) is 0 Å². The average Bonchev–Trinajstić information content (AvgIpc) is 1.88. The second kappa shape index (κ2) is 16.7. The van der Waals surface area contributed by atoms with Crippen LogP contribution in [0.15, 0.2) is 0 Å². The lowest BCUT2D eigenvalue weighted by Crippen LogP contribution is -1.62. The summed E-state index contributed by atoms with van der Waals surface area (Å²) in [6.07, 6.45) is 1.90. The summed E-state index contributed by atoms with van der Waals surface area (Å²) in [5.74, 6) is 0. The lowest BCUT2D eigenvalue weighted by molar-refractivity contribution is -0.122. The Morgan fingerprint density at radius 2 is 1.38 bits per heavy atom. The molecule has 46 valence electrons. The monoisotopic (exact) mass is 116 g/mol. The van der Waals surface area contributed by atoms with Gasteiger partial charge in [0.15, 0.2) is 12.6 Å². The Morgan fingerprint density at radius 1 is 1.12 bits per heavy atom. The standard InChI is InChI=1S/C3H6O.C2H2O2/c1-2-3-4;3-1-2-4/h3H,2H2,1H3;1-2H. The molecule has 0 rings (SSSR count). The van der Waals surface area contributed by atoms with Crippen LogP contribution in [0.1, 0.15) is 13.3 Å². The van der Waals surface area contributed by atoms with Gasteiger partial charge in [-0.05, 0) is 0 Å². The highest BCUT2D eigenvalue weighted by Gasteiger charge is 1.52. The first-order chi connectivity index (χ1) is 3.83. The zero-order valence-electron chi connectivity index (χ0n) is 4.66. The quantitative estimate of drug-likeness (QED) is 0.376. The largest absolute Gasteiger partial charge is 0.303 e. The van der Waals surface area contributed by atoms with Crippen molar-refractivity contribution in [3.8, 4) is 0 Å². The van der Waals surface area contributed by atoms with Gasteiger partial charge >= 0.3 is 0 Å². The molecule has 3 heteroatoms. The summed E-state index contributed by atoms with van der Waals surface area (Å²) in [5.41, 5.74) is 0. The molecule has 0 saturated heterocycles. The fourth-order valence-corrected chi connectivity index (χ4v) is 0. The van der Waals surface area contributed by atoms with Crippen molar-refractivity contribution in [1.82, 2.24) is 0 Å². The molecule has 0 aromatic carbocycles. The smallest absolute Gasteiger partial charge is 0.182 e. The molecule has 8 heavy (non-hydrogen) atoms. The van der Waals surface area contributed by atoms with Gasteiger partial charge in [-0.2, -0.15) is 0 Å². The van der Waals surface area contributed by atoms with E-state index in [1.165, 1.54) is 0 Å². The third kappa shape index (κ3) is 79.0. The fraction of sp³-hybridized carbons (Fsp3) is 0.400. The molecule has 0 unspecified atom stereocenters. The number of hydrogen-bond donors (Lipinski definition) is 0. The van der Waals surface area contributed by atoms with Crippen LogP contribution in [0.3, 0.4) is 0 Å². The van der Waals surface area contributed by atoms with Crippen LogP contribution in [0.5, 0.6) is 0 Å². The van der Waals surface area contributed by atoms with Crippen LogP contribution in [0, 0.1) is 0 Å². The first kappa shape index (κ1) is 10.1. The number of carbonyl (C=O) groups excluding carboxylic acids is 3. The van der Waals surface area contributed by atoms with Gasteiger partial charge in [-0.15, -0.1) is 0 Å². The number of rotatable bonds is 2. The Balaban J connectivity index is 0. The molecule has 0 spiro atoms. The summed E-state index contributed by atoms with van der Waals surface area (Å²) >= 11 is 0. The molecule has 0 aliphatic carbocycles. The summed E-state index contributed by atoms with van der Waals surface area (Å²) in [7, 11) is 0. The van der Waals surface area contributed by atoms with Crippen molar-refractivity contribution in [1.29, 1.82) is 0 Å². The lowest BCUT2D eigenvalue weighted by Gasteiger charge is -1.51. The maximum absolute atomic E-state index is 9.17. The maximum Gasteiger partial charge on any atom is 0.182 e. The first-order valence-electron chi connectivity index (χ1n) is 2.16. The Hall–Kier alpha value is -0.990. The van der Waals surface area contributed by atoms with E-state index in [1.54, 1.807) is 0 Å². The normalized spacial score (nSPS) is 5.62. The Kier molecular flexibility index (Phi) is 21.0. The molecule has 3 nitrogen and oxygen atoms in total. The van der Waals surface area contributed by atoms with E-state index in [-0.39, 0.29) is 12.6 Å². The van der Waals surface area contributed by atoms with Crippen LogP contribution < -0.4 is 0 Å². The second-order valence-corrected chi connectivity index (χ2v) is 0.847. The van der Waals surface area contributed by atoms with Crippen molar-refractivity contribution in [2.24, 2.45) is 0 Å². The average molecular weight is 116 g/mol. The van der Waals surface area contributed by atoms with Crippen LogP contribution >= 0.6 is 0 Å². The van der Waals surface area contributed by atoms with E-state index in [9.17, 15) is 4.79 Å². The molecular weight excluding hydrogens is 108 g/mol. The molecule has 0 aromatic rings. The lowest BCUT2D eigenvalue weighted by atomic mass is 10.6. The predicted octanol–water partition coefficient (Wildman–Crippen LogP) is -0.0205. The Bertz CT molecular complexity index is 62.1. The first-order valence-corrected chi connectivity index (χ1v) is 2.16. The molecule has 0 saturated carbocycles. The van der Waals surface area contributed by atoms with Gasteiger partial charge in [0.05, 0.1) is 0 Å². The second-order valence-electron chi connectivity index (χ2n) is 0.847. The molecular formula is C5H8O3. The molecule has 0 heterocycles. The fourth-order valence-electron chi connectivity index (χ4n) is 0. The number of hydrogen-bond acceptors (Lipinski definition) is 3. The molecule has 0 N–H and O–H groups in total. The highest BCUT2D eigenvalue weighted by molar-refractivity contribution is 6.09. The van der Waals surface area contributed by atoms with Gasteiger partial charge in [0, 0.05) is 6.42 Å². The molecule has 0 bridgehead atoms. The highest BCUT2D eigenvalue weighted by Crippen LogP contribution is 1.53. The van der Waals surface area contributed by atoms with Crippen LogP contribution in [0.4, 0.5) is 0 Å². The van der Waals surface area contributed by atoms with Crippen LogP contribution in [-0.2, 0) is 14.4 Å². The van der Waals surface area contributed by atoms with E-state index >= 15 is 0 Å². The van der Waals surface area contributed by atoms with Gasteiger partial charge in [-0.25, -0.2) is 0 Å². The zero-order chi connectivity index (χ0) is 6.83. The van der Waals surface area contributed by atoms with Crippen LogP contribution in [0.25, 0.3) is 0 Å². The predicted molar refractivity (Wildman–Crippen MR) is 28.5 cm³/mol. The molecule has 0 atom stereocenters. The van der Waals surface area contributed by atoms with Gasteiger partial charge in [-0.1, -0.05) is 6.92 Å². The summed E-state index contributed by atoms with van der Waals surface area (Å²) in [6, 6.07) is 0. The third-order valence-electron chi connectivity index (χ3n) is 0.222. The van der Waals surface area contributed by atoms with Gasteiger partial charge < -0.3 is 4.79 Å². The van der Waals surface area contributed by atoms with Crippen molar-refractivity contribution < 1.29 is 14.4 Å². The van der Waals surface area contributed by atoms with Crippen molar-refractivity contribution in [3.63, 3.8) is 0 Å². The van der Waals surface area contributed by atoms with Crippen molar-refractivity contribution in [3.05, 3.63) is 0 Å². The molecule has 0 amide bonds. The van der Waals surface area contributed by atoms with Crippen molar-refractivity contribution in [2.75, 3.05) is 0 Å². The third-order valence-corrected chi connectivity index (χ3v) is 0.222. The minimum atomic E-state index is 0.194. The summed E-state index contributed by atoms with van der Waals surface area (Å²) < 4.78 is 0. The molecule has 0 fully saturated rings. The van der Waals surface area contributed by atoms with E-state index in [2.05, 4.69) is 0 Å². The van der Waals surface area contributed by atoms with E-state index < -0.39 is 0 Å². The maximum atomic E-state index is 9.17.